The van der Waals surface area contributed by atoms with Gasteiger partial charge in [-0.2, -0.15) is 0 Å². The summed E-state index contributed by atoms with van der Waals surface area (Å²) in [6.07, 6.45) is 7.15. The minimum atomic E-state index is 0.172. The van der Waals surface area contributed by atoms with Gasteiger partial charge in [0.15, 0.2) is 0 Å². The summed E-state index contributed by atoms with van der Waals surface area (Å²) in [7, 11) is 2.05. The summed E-state index contributed by atoms with van der Waals surface area (Å²) in [5.41, 5.74) is 0.172. The van der Waals surface area contributed by atoms with Crippen LogP contribution < -0.4 is 10.6 Å². The Kier molecular flexibility index (Phi) is 3.46. The van der Waals surface area contributed by atoms with Gasteiger partial charge >= 0.3 is 0 Å². The van der Waals surface area contributed by atoms with Gasteiger partial charge in [0.25, 0.3) is 0 Å². The second-order valence-electron chi connectivity index (χ2n) is 7.68. The first-order valence-electron chi connectivity index (χ1n) is 7.98. The Balaban J connectivity index is 1.87. The van der Waals surface area contributed by atoms with Crippen molar-refractivity contribution < 1.29 is 4.79 Å². The fraction of sp³-hybridized carbons (Fsp3) is 0.938. The molecule has 3 fully saturated rings. The second-order valence-corrected chi connectivity index (χ2v) is 7.68. The van der Waals surface area contributed by atoms with Gasteiger partial charge in [0, 0.05) is 30.5 Å². The Bertz CT molecular complexity index is 366. The fourth-order valence-corrected chi connectivity index (χ4v) is 4.95. The summed E-state index contributed by atoms with van der Waals surface area (Å²) < 4.78 is 0. The topological polar surface area (TPSA) is 41.1 Å². The van der Waals surface area contributed by atoms with Crippen molar-refractivity contribution in [1.82, 2.24) is 10.6 Å². The molecule has 0 aromatic heterocycles. The Hall–Kier alpha value is -0.410. The molecule has 2 aliphatic carbocycles. The Morgan fingerprint density at radius 3 is 2.68 bits per heavy atom. The van der Waals surface area contributed by atoms with Crippen LogP contribution in [0.15, 0.2) is 0 Å². The first-order chi connectivity index (χ1) is 9.02. The van der Waals surface area contributed by atoms with Gasteiger partial charge in [0.2, 0.25) is 0 Å². The van der Waals surface area contributed by atoms with E-state index in [1.54, 1.807) is 0 Å². The molecule has 3 aliphatic rings. The largest absolute Gasteiger partial charge is 0.316 e. The lowest BCUT2D eigenvalue weighted by Gasteiger charge is -2.53. The van der Waals surface area contributed by atoms with Crippen molar-refractivity contribution in [2.45, 2.75) is 70.5 Å². The molecule has 0 radical (unpaired) electrons. The Morgan fingerprint density at radius 1 is 1.21 bits per heavy atom. The molecule has 2 N–H and O–H groups in total. The number of piperidine rings is 1. The monoisotopic (exact) mass is 264 g/mol. The molecule has 0 bridgehead atoms. The molecule has 2 saturated carbocycles. The molecule has 108 valence electrons. The number of ketones is 1. The predicted octanol–water partition coefficient (Wildman–Crippen LogP) is 2.11. The zero-order chi connectivity index (χ0) is 13.6. The van der Waals surface area contributed by atoms with Gasteiger partial charge in [-0.3, -0.25) is 4.79 Å². The molecule has 1 aliphatic heterocycles. The van der Waals surface area contributed by atoms with E-state index in [1.807, 2.05) is 7.05 Å². The van der Waals surface area contributed by atoms with Crippen molar-refractivity contribution in [3.63, 3.8) is 0 Å². The second kappa shape index (κ2) is 4.85. The van der Waals surface area contributed by atoms with Gasteiger partial charge in [-0.05, 0) is 37.6 Å². The van der Waals surface area contributed by atoms with Crippen LogP contribution in [0, 0.1) is 17.3 Å². The summed E-state index contributed by atoms with van der Waals surface area (Å²) >= 11 is 0. The number of fused-ring (bicyclic) bond motifs is 2. The minimum Gasteiger partial charge on any atom is -0.316 e. The highest BCUT2D eigenvalue weighted by molar-refractivity contribution is 5.84. The summed E-state index contributed by atoms with van der Waals surface area (Å²) in [4.78, 5) is 12.6. The van der Waals surface area contributed by atoms with E-state index in [2.05, 4.69) is 24.5 Å². The van der Waals surface area contributed by atoms with E-state index in [0.29, 0.717) is 29.8 Å². The highest BCUT2D eigenvalue weighted by atomic mass is 16.1. The predicted molar refractivity (Wildman–Crippen MR) is 77.0 cm³/mol. The molecule has 1 heterocycles. The van der Waals surface area contributed by atoms with Gasteiger partial charge in [-0.25, -0.2) is 0 Å². The average Bonchev–Trinajstić information content (AvgIpc) is 2.34. The van der Waals surface area contributed by atoms with Crippen LogP contribution in [0.1, 0.15) is 52.4 Å². The van der Waals surface area contributed by atoms with E-state index in [9.17, 15) is 4.79 Å². The van der Waals surface area contributed by atoms with E-state index < -0.39 is 0 Å². The number of Topliss-reactive ketones (excluding diaryl/α,β-unsaturated/α-hetero) is 1. The molecule has 5 unspecified atom stereocenters. The van der Waals surface area contributed by atoms with Crippen LogP contribution in [0.3, 0.4) is 0 Å². The van der Waals surface area contributed by atoms with Gasteiger partial charge in [-0.15, -0.1) is 0 Å². The number of hydrogen-bond donors (Lipinski definition) is 2. The average molecular weight is 264 g/mol. The van der Waals surface area contributed by atoms with Crippen LogP contribution in [0.25, 0.3) is 0 Å². The zero-order valence-electron chi connectivity index (χ0n) is 12.5. The van der Waals surface area contributed by atoms with Gasteiger partial charge < -0.3 is 10.6 Å². The molecule has 0 aromatic carbocycles. The number of carbonyl (C=O) groups excluding carboxylic acids is 1. The first kappa shape index (κ1) is 13.6. The zero-order valence-corrected chi connectivity index (χ0v) is 12.5. The lowest BCUT2D eigenvalue weighted by atomic mass is 9.61. The third-order valence-corrected chi connectivity index (χ3v) is 5.66. The highest BCUT2D eigenvalue weighted by Gasteiger charge is 2.51. The van der Waals surface area contributed by atoms with Crippen molar-refractivity contribution in [3.05, 3.63) is 0 Å². The Morgan fingerprint density at radius 2 is 1.95 bits per heavy atom. The molecule has 3 rings (SSSR count). The lowest BCUT2D eigenvalue weighted by Crippen LogP contribution is -2.67. The van der Waals surface area contributed by atoms with Crippen molar-refractivity contribution in [1.29, 1.82) is 0 Å². The lowest BCUT2D eigenvalue weighted by molar-refractivity contribution is -0.134. The van der Waals surface area contributed by atoms with Crippen LogP contribution in [0.5, 0.6) is 0 Å². The van der Waals surface area contributed by atoms with E-state index in [0.717, 1.165) is 12.8 Å². The maximum Gasteiger partial charge on any atom is 0.139 e. The third-order valence-electron chi connectivity index (χ3n) is 5.66. The molecule has 1 saturated heterocycles. The molecule has 19 heavy (non-hydrogen) atoms. The SMILES string of the molecule is CNC1C2CCCCC2NC2CC(C)(C)CC(=O)C21. The van der Waals surface area contributed by atoms with E-state index in [1.165, 1.54) is 25.7 Å². The quantitative estimate of drug-likeness (QED) is 0.762. The summed E-state index contributed by atoms with van der Waals surface area (Å²) in [5, 5.41) is 7.35. The minimum absolute atomic E-state index is 0.172. The molecule has 0 amide bonds. The van der Waals surface area contributed by atoms with Crippen LogP contribution in [-0.2, 0) is 4.79 Å². The van der Waals surface area contributed by atoms with Crippen LogP contribution >= 0.6 is 0 Å². The standard InChI is InChI=1S/C16H28N2O/c1-16(2)8-12-14(13(19)9-16)15(17-3)10-6-4-5-7-11(10)18-12/h10-12,14-15,17-18H,4-9H2,1-3H3. The molecular formula is C16H28N2O. The smallest absolute Gasteiger partial charge is 0.139 e. The molecule has 3 nitrogen and oxygen atoms in total. The summed E-state index contributed by atoms with van der Waals surface area (Å²) in [6.45, 7) is 4.48. The van der Waals surface area contributed by atoms with Gasteiger partial charge in [0.1, 0.15) is 5.78 Å². The molecule has 0 aromatic rings. The summed E-state index contributed by atoms with van der Waals surface area (Å²) in [6, 6.07) is 1.43. The molecule has 3 heteroatoms. The van der Waals surface area contributed by atoms with E-state index in [-0.39, 0.29) is 11.3 Å². The number of nitrogens with one attached hydrogen (secondary N) is 2. The fourth-order valence-electron chi connectivity index (χ4n) is 4.95. The van der Waals surface area contributed by atoms with Crippen LogP contribution in [0.4, 0.5) is 0 Å². The maximum absolute atomic E-state index is 12.6. The normalized spacial score (nSPS) is 45.4. The van der Waals surface area contributed by atoms with Crippen molar-refractivity contribution in [2.75, 3.05) is 7.05 Å². The number of hydrogen-bond acceptors (Lipinski definition) is 3. The number of carbonyl (C=O) groups is 1. The molecule has 0 spiro atoms. The van der Waals surface area contributed by atoms with E-state index >= 15 is 0 Å². The first-order valence-corrected chi connectivity index (χ1v) is 7.98. The van der Waals surface area contributed by atoms with Crippen LogP contribution in [-0.4, -0.2) is 31.0 Å². The van der Waals surface area contributed by atoms with Crippen molar-refractivity contribution in [3.8, 4) is 0 Å². The summed E-state index contributed by atoms with van der Waals surface area (Å²) in [5.74, 6) is 1.35. The maximum atomic E-state index is 12.6. The third kappa shape index (κ3) is 2.36. The van der Waals surface area contributed by atoms with Crippen LogP contribution in [0.2, 0.25) is 0 Å². The van der Waals surface area contributed by atoms with E-state index in [4.69, 9.17) is 0 Å². The van der Waals surface area contributed by atoms with Gasteiger partial charge in [0.05, 0.1) is 0 Å². The number of rotatable bonds is 1. The van der Waals surface area contributed by atoms with Crippen molar-refractivity contribution in [2.24, 2.45) is 17.3 Å². The van der Waals surface area contributed by atoms with Gasteiger partial charge in [-0.1, -0.05) is 26.7 Å². The highest BCUT2D eigenvalue weighted by Crippen LogP contribution is 2.44. The van der Waals surface area contributed by atoms with Crippen molar-refractivity contribution >= 4 is 5.78 Å². The Labute approximate surface area is 116 Å². The molecular weight excluding hydrogens is 236 g/mol. The molecule has 5 atom stereocenters.